The Morgan fingerprint density at radius 2 is 2.50 bits per heavy atom. The van der Waals surface area contributed by atoms with E-state index >= 15 is 0 Å². The summed E-state index contributed by atoms with van der Waals surface area (Å²) in [7, 11) is 0. The maximum atomic E-state index is 10.3. The van der Waals surface area contributed by atoms with Crippen molar-refractivity contribution in [3.8, 4) is 6.07 Å². The highest BCUT2D eigenvalue weighted by Crippen LogP contribution is 2.15. The molecule has 1 atom stereocenters. The van der Waals surface area contributed by atoms with Crippen LogP contribution in [0.2, 0.25) is 0 Å². The number of hydrogen-bond donors (Lipinski definition) is 1. The molecular weight excluding hydrogens is 136 g/mol. The van der Waals surface area contributed by atoms with Crippen molar-refractivity contribution < 1.29 is 9.90 Å². The van der Waals surface area contributed by atoms with Crippen molar-refractivity contribution >= 4 is 12.3 Å². The van der Waals surface area contributed by atoms with Crippen LogP contribution < -0.4 is 0 Å². The SMILES string of the molecule is N#CC1(C(=O)O)N=CN=N1. The van der Waals surface area contributed by atoms with Crippen LogP contribution in [0.4, 0.5) is 0 Å². The van der Waals surface area contributed by atoms with Gasteiger partial charge in [-0.1, -0.05) is 0 Å². The van der Waals surface area contributed by atoms with Crippen LogP contribution in [-0.2, 0) is 4.79 Å². The van der Waals surface area contributed by atoms with Crippen molar-refractivity contribution in [1.82, 2.24) is 0 Å². The second kappa shape index (κ2) is 1.88. The highest BCUT2D eigenvalue weighted by Gasteiger charge is 2.40. The van der Waals surface area contributed by atoms with Crippen LogP contribution in [-0.4, -0.2) is 23.1 Å². The number of aliphatic carboxylic acids is 1. The second-order valence-corrected chi connectivity index (χ2v) is 1.55. The highest BCUT2D eigenvalue weighted by molar-refractivity contribution is 5.85. The van der Waals surface area contributed by atoms with Crippen LogP contribution >= 0.6 is 0 Å². The lowest BCUT2D eigenvalue weighted by Gasteiger charge is -2.02. The van der Waals surface area contributed by atoms with Crippen molar-refractivity contribution in [2.24, 2.45) is 15.2 Å². The molecule has 1 aliphatic heterocycles. The second-order valence-electron chi connectivity index (χ2n) is 1.55. The zero-order chi connectivity index (χ0) is 7.61. The Balaban J connectivity index is 3.05. The van der Waals surface area contributed by atoms with Crippen LogP contribution in [0.15, 0.2) is 15.2 Å². The summed E-state index contributed by atoms with van der Waals surface area (Å²) in [5, 5.41) is 22.9. The van der Waals surface area contributed by atoms with Gasteiger partial charge in [0.05, 0.1) is 0 Å². The first-order chi connectivity index (χ1) is 4.71. The molecule has 0 aromatic carbocycles. The predicted octanol–water partition coefficient (Wildman–Crippen LogP) is -0.215. The van der Waals surface area contributed by atoms with E-state index in [1.807, 2.05) is 0 Å². The van der Waals surface area contributed by atoms with Crippen molar-refractivity contribution in [1.29, 1.82) is 5.26 Å². The van der Waals surface area contributed by atoms with Crippen molar-refractivity contribution in [3.05, 3.63) is 0 Å². The van der Waals surface area contributed by atoms with E-state index in [4.69, 9.17) is 10.4 Å². The third kappa shape index (κ3) is 0.647. The number of rotatable bonds is 1. The molecule has 0 aliphatic carbocycles. The number of hydrogen-bond acceptors (Lipinski definition) is 5. The third-order valence-corrected chi connectivity index (χ3v) is 0.953. The monoisotopic (exact) mass is 138 g/mol. The Morgan fingerprint density at radius 3 is 2.70 bits per heavy atom. The largest absolute Gasteiger partial charge is 0.477 e. The first kappa shape index (κ1) is 6.35. The van der Waals surface area contributed by atoms with E-state index in [0.29, 0.717) is 0 Å². The summed E-state index contributed by atoms with van der Waals surface area (Å²) in [6.07, 6.45) is 0.942. The molecule has 1 rings (SSSR count). The molecule has 6 nitrogen and oxygen atoms in total. The first-order valence-electron chi connectivity index (χ1n) is 2.31. The Kier molecular flexibility index (Phi) is 1.19. The van der Waals surface area contributed by atoms with Gasteiger partial charge in [0, 0.05) is 0 Å². The minimum atomic E-state index is -2.01. The predicted molar refractivity (Wildman–Crippen MR) is 29.3 cm³/mol. The van der Waals surface area contributed by atoms with Crippen molar-refractivity contribution in [3.63, 3.8) is 0 Å². The number of nitriles is 1. The van der Waals surface area contributed by atoms with Crippen LogP contribution in [0, 0.1) is 11.3 Å². The minimum Gasteiger partial charge on any atom is -0.477 e. The van der Waals surface area contributed by atoms with Gasteiger partial charge >= 0.3 is 11.6 Å². The lowest BCUT2D eigenvalue weighted by atomic mass is 10.2. The van der Waals surface area contributed by atoms with Gasteiger partial charge in [-0.25, -0.2) is 9.79 Å². The van der Waals surface area contributed by atoms with Crippen LogP contribution in [0.25, 0.3) is 0 Å². The lowest BCUT2D eigenvalue weighted by molar-refractivity contribution is -0.140. The standard InChI is InChI=1S/C4H2N4O2/c5-1-4(3(9)10)6-2-7-8-4/h2H,(H,9,10). The molecule has 0 saturated heterocycles. The molecule has 10 heavy (non-hydrogen) atoms. The van der Waals surface area contributed by atoms with Gasteiger partial charge in [0.25, 0.3) is 0 Å². The normalized spacial score (nSPS) is 28.3. The molecule has 6 heteroatoms. The fourth-order valence-electron chi connectivity index (χ4n) is 0.442. The summed E-state index contributed by atoms with van der Waals surface area (Å²) in [5.41, 5.74) is -2.01. The van der Waals surface area contributed by atoms with Crippen LogP contribution in [0.5, 0.6) is 0 Å². The maximum absolute atomic E-state index is 10.3. The number of aliphatic imine (C=N–C) groups is 1. The molecule has 0 aromatic rings. The van der Waals surface area contributed by atoms with Crippen molar-refractivity contribution in [2.75, 3.05) is 0 Å². The van der Waals surface area contributed by atoms with E-state index in [9.17, 15) is 4.79 Å². The average molecular weight is 138 g/mol. The van der Waals surface area contributed by atoms with Crippen LogP contribution in [0.3, 0.4) is 0 Å². The third-order valence-electron chi connectivity index (χ3n) is 0.953. The Bertz CT molecular complexity index is 249. The molecule has 0 amide bonds. The quantitative estimate of drug-likeness (QED) is 0.542. The minimum absolute atomic E-state index is 0.942. The smallest absolute Gasteiger partial charge is 0.371 e. The highest BCUT2D eigenvalue weighted by atomic mass is 16.4. The molecule has 1 heterocycles. The van der Waals surface area contributed by atoms with E-state index in [0.717, 1.165) is 6.34 Å². The fourth-order valence-corrected chi connectivity index (χ4v) is 0.442. The van der Waals surface area contributed by atoms with Gasteiger partial charge in [-0.3, -0.25) is 0 Å². The number of carboxylic acid groups (broad SMARTS) is 1. The van der Waals surface area contributed by atoms with E-state index < -0.39 is 11.6 Å². The summed E-state index contributed by atoms with van der Waals surface area (Å²) in [6.45, 7) is 0. The Morgan fingerprint density at radius 1 is 1.80 bits per heavy atom. The summed E-state index contributed by atoms with van der Waals surface area (Å²) in [4.78, 5) is 13.5. The molecule has 1 unspecified atom stereocenters. The topological polar surface area (TPSA) is 98.2 Å². The number of nitrogens with zero attached hydrogens (tertiary/aromatic N) is 4. The Labute approximate surface area is 55.5 Å². The van der Waals surface area contributed by atoms with E-state index in [1.54, 1.807) is 0 Å². The summed E-state index contributed by atoms with van der Waals surface area (Å²) < 4.78 is 0. The van der Waals surface area contributed by atoms with Crippen molar-refractivity contribution in [2.45, 2.75) is 5.66 Å². The number of carboxylic acids is 1. The van der Waals surface area contributed by atoms with Crippen LogP contribution in [0.1, 0.15) is 0 Å². The Hall–Kier alpha value is -1.77. The maximum Gasteiger partial charge on any atom is 0.371 e. The number of carbonyl (C=O) groups is 1. The average Bonchev–Trinajstić information content (AvgIpc) is 2.35. The van der Waals surface area contributed by atoms with E-state index in [-0.39, 0.29) is 0 Å². The van der Waals surface area contributed by atoms with Gasteiger partial charge < -0.3 is 5.11 Å². The molecule has 50 valence electrons. The zero-order valence-electron chi connectivity index (χ0n) is 4.72. The summed E-state index contributed by atoms with van der Waals surface area (Å²) >= 11 is 0. The molecule has 0 radical (unpaired) electrons. The number of azo groups is 1. The van der Waals surface area contributed by atoms with Gasteiger partial charge in [-0.15, -0.1) is 10.2 Å². The van der Waals surface area contributed by atoms with Gasteiger partial charge in [0.1, 0.15) is 12.4 Å². The first-order valence-corrected chi connectivity index (χ1v) is 2.31. The molecular formula is C4H2N4O2. The molecule has 0 bridgehead atoms. The molecule has 1 N–H and O–H groups in total. The zero-order valence-corrected chi connectivity index (χ0v) is 4.72. The molecule has 0 fully saturated rings. The van der Waals surface area contributed by atoms with Gasteiger partial charge in [-0.05, 0) is 0 Å². The van der Waals surface area contributed by atoms with E-state index in [1.165, 1.54) is 6.07 Å². The van der Waals surface area contributed by atoms with Gasteiger partial charge in [-0.2, -0.15) is 5.26 Å². The fraction of sp³-hybridized carbons (Fsp3) is 0.250. The van der Waals surface area contributed by atoms with E-state index in [2.05, 4.69) is 15.2 Å². The van der Waals surface area contributed by atoms with Gasteiger partial charge in [0.2, 0.25) is 0 Å². The molecule has 0 spiro atoms. The summed E-state index contributed by atoms with van der Waals surface area (Å²) in [6, 6.07) is 1.42. The molecule has 0 saturated carbocycles. The molecule has 0 aromatic heterocycles. The summed E-state index contributed by atoms with van der Waals surface area (Å²) in [5.74, 6) is -1.41. The molecule has 1 aliphatic rings. The lowest BCUT2D eigenvalue weighted by Crippen LogP contribution is -2.30. The van der Waals surface area contributed by atoms with Gasteiger partial charge in [0.15, 0.2) is 0 Å².